The zero-order valence-corrected chi connectivity index (χ0v) is 10.5. The lowest BCUT2D eigenvalue weighted by Gasteiger charge is -2.30. The number of hydrogen-bond acceptors (Lipinski definition) is 3. The lowest BCUT2D eigenvalue weighted by molar-refractivity contribution is 0.224. The van der Waals surface area contributed by atoms with E-state index in [1.807, 2.05) is 12.1 Å². The van der Waals surface area contributed by atoms with E-state index in [-0.39, 0.29) is 0 Å². The predicted molar refractivity (Wildman–Crippen MR) is 73.2 cm³/mol. The van der Waals surface area contributed by atoms with Gasteiger partial charge in [0, 0.05) is 12.2 Å². The summed E-state index contributed by atoms with van der Waals surface area (Å²) in [6.45, 7) is 2.27. The average molecular weight is 243 g/mol. The van der Waals surface area contributed by atoms with E-state index in [9.17, 15) is 4.91 Å². The Bertz CT molecular complexity index is 567. The summed E-state index contributed by atoms with van der Waals surface area (Å²) in [4.78, 5) is 13.0. The van der Waals surface area contributed by atoms with Crippen LogP contribution in [0.2, 0.25) is 0 Å². The van der Waals surface area contributed by atoms with Crippen LogP contribution in [0.1, 0.15) is 18.9 Å². The molecule has 1 aliphatic heterocycles. The largest absolute Gasteiger partial charge is 0.344 e. The van der Waals surface area contributed by atoms with Gasteiger partial charge in [-0.3, -0.25) is 0 Å². The molecule has 0 atom stereocenters. The van der Waals surface area contributed by atoms with Gasteiger partial charge in [0.1, 0.15) is 5.69 Å². The van der Waals surface area contributed by atoms with E-state index in [1.54, 1.807) is 6.07 Å². The average Bonchev–Trinajstić information content (AvgIpc) is 2.82. The minimum absolute atomic E-state index is 0.510. The van der Waals surface area contributed by atoms with E-state index >= 15 is 0 Å². The zero-order valence-electron chi connectivity index (χ0n) is 10.5. The Morgan fingerprint density at radius 1 is 1.22 bits per heavy atom. The molecule has 1 aromatic heterocycles. The smallest absolute Gasteiger partial charge is 0.110 e. The lowest BCUT2D eigenvalue weighted by Crippen LogP contribution is -2.31. The normalized spacial score (nSPS) is 18.3. The summed E-state index contributed by atoms with van der Waals surface area (Å²) < 4.78 is 2.30. The van der Waals surface area contributed by atoms with E-state index in [0.717, 1.165) is 18.6 Å². The van der Waals surface area contributed by atoms with Gasteiger partial charge in [0.05, 0.1) is 5.52 Å². The molecule has 18 heavy (non-hydrogen) atoms. The van der Waals surface area contributed by atoms with Crippen LogP contribution in [0, 0.1) is 4.91 Å². The number of nitroso groups, excluding NO2 is 1. The second-order valence-electron chi connectivity index (χ2n) is 5.09. The van der Waals surface area contributed by atoms with E-state index in [0.29, 0.717) is 11.7 Å². The third-order valence-corrected chi connectivity index (χ3v) is 3.89. The maximum atomic E-state index is 10.6. The van der Waals surface area contributed by atoms with Crippen LogP contribution in [-0.2, 0) is 0 Å². The topological polar surface area (TPSA) is 37.6 Å². The molecular weight excluding hydrogens is 226 g/mol. The summed E-state index contributed by atoms with van der Waals surface area (Å²) in [6, 6.07) is 8.29. The van der Waals surface area contributed by atoms with E-state index in [1.165, 1.54) is 18.2 Å². The van der Waals surface area contributed by atoms with Crippen LogP contribution < -0.4 is 0 Å². The summed E-state index contributed by atoms with van der Waals surface area (Å²) in [5.41, 5.74) is 1.64. The number of nitrogens with zero attached hydrogens (tertiary/aromatic N) is 3. The van der Waals surface area contributed by atoms with Crippen LogP contribution in [-0.4, -0.2) is 29.6 Å². The number of rotatable bonds is 2. The summed E-state index contributed by atoms with van der Waals surface area (Å²) in [5.74, 6) is 0. The molecule has 2 heterocycles. The van der Waals surface area contributed by atoms with Crippen molar-refractivity contribution in [2.24, 2.45) is 5.18 Å². The highest BCUT2D eigenvalue weighted by Crippen LogP contribution is 2.29. The van der Waals surface area contributed by atoms with Crippen LogP contribution in [0.4, 0.5) is 5.69 Å². The molecule has 0 bridgehead atoms. The first-order chi connectivity index (χ1) is 8.78. The Morgan fingerprint density at radius 3 is 2.72 bits per heavy atom. The molecule has 4 nitrogen and oxygen atoms in total. The lowest BCUT2D eigenvalue weighted by atomic mass is 10.1. The fourth-order valence-electron chi connectivity index (χ4n) is 2.79. The summed E-state index contributed by atoms with van der Waals surface area (Å²) >= 11 is 0. The number of aromatic nitrogens is 1. The number of benzene rings is 1. The van der Waals surface area contributed by atoms with Crippen molar-refractivity contribution < 1.29 is 0 Å². The monoisotopic (exact) mass is 243 g/mol. The van der Waals surface area contributed by atoms with Gasteiger partial charge >= 0.3 is 0 Å². The van der Waals surface area contributed by atoms with Crippen molar-refractivity contribution in [3.05, 3.63) is 35.4 Å². The second-order valence-corrected chi connectivity index (χ2v) is 5.09. The summed E-state index contributed by atoms with van der Waals surface area (Å²) in [5, 5.41) is 4.21. The molecule has 1 aliphatic rings. The van der Waals surface area contributed by atoms with Crippen molar-refractivity contribution in [1.82, 2.24) is 9.47 Å². The van der Waals surface area contributed by atoms with Crippen LogP contribution in [0.5, 0.6) is 0 Å². The third-order valence-electron chi connectivity index (χ3n) is 3.89. The Kier molecular flexibility index (Phi) is 2.88. The van der Waals surface area contributed by atoms with E-state index in [2.05, 4.69) is 34.0 Å². The van der Waals surface area contributed by atoms with Crippen molar-refractivity contribution in [3.63, 3.8) is 0 Å². The third kappa shape index (κ3) is 1.93. The molecule has 4 heteroatoms. The zero-order chi connectivity index (χ0) is 12.5. The standard InChI is InChI=1S/C14H17N3O/c1-16-7-5-13(6-8-16)17-9-4-11-2-3-12(15-18)10-14(11)17/h2-4,9-10,13H,5-8H2,1H3. The van der Waals surface area contributed by atoms with E-state index < -0.39 is 0 Å². The second kappa shape index (κ2) is 4.53. The molecule has 1 aromatic carbocycles. The first-order valence-electron chi connectivity index (χ1n) is 6.40. The first kappa shape index (κ1) is 11.4. The number of likely N-dealkylation sites (tertiary alicyclic amines) is 1. The first-order valence-corrected chi connectivity index (χ1v) is 6.40. The quantitative estimate of drug-likeness (QED) is 0.759. The van der Waals surface area contributed by atoms with Gasteiger partial charge in [-0.05, 0) is 61.7 Å². The van der Waals surface area contributed by atoms with Crippen LogP contribution in [0.25, 0.3) is 10.9 Å². The van der Waals surface area contributed by atoms with Crippen LogP contribution in [0.15, 0.2) is 35.6 Å². The van der Waals surface area contributed by atoms with Gasteiger partial charge in [-0.2, -0.15) is 0 Å². The minimum atomic E-state index is 0.510. The van der Waals surface area contributed by atoms with Gasteiger partial charge in [0.25, 0.3) is 0 Å². The minimum Gasteiger partial charge on any atom is -0.344 e. The Balaban J connectivity index is 1.98. The van der Waals surface area contributed by atoms with Gasteiger partial charge in [-0.1, -0.05) is 6.07 Å². The molecule has 0 aliphatic carbocycles. The molecule has 0 N–H and O–H groups in total. The van der Waals surface area contributed by atoms with E-state index in [4.69, 9.17) is 0 Å². The fraction of sp³-hybridized carbons (Fsp3) is 0.429. The van der Waals surface area contributed by atoms with Gasteiger partial charge in [-0.25, -0.2) is 0 Å². The Hall–Kier alpha value is -1.68. The van der Waals surface area contributed by atoms with Gasteiger partial charge < -0.3 is 9.47 Å². The number of piperidine rings is 1. The van der Waals surface area contributed by atoms with Crippen molar-refractivity contribution in [1.29, 1.82) is 0 Å². The van der Waals surface area contributed by atoms with Gasteiger partial charge in [0.15, 0.2) is 0 Å². The molecule has 0 unspecified atom stereocenters. The molecular formula is C14H17N3O. The van der Waals surface area contributed by atoms with Crippen LogP contribution in [0.3, 0.4) is 0 Å². The number of hydrogen-bond donors (Lipinski definition) is 0. The molecule has 0 spiro atoms. The highest BCUT2D eigenvalue weighted by atomic mass is 16.3. The molecule has 1 saturated heterocycles. The van der Waals surface area contributed by atoms with Crippen molar-refractivity contribution in [2.75, 3.05) is 20.1 Å². The fourth-order valence-corrected chi connectivity index (χ4v) is 2.79. The van der Waals surface area contributed by atoms with Crippen molar-refractivity contribution in [2.45, 2.75) is 18.9 Å². The maximum Gasteiger partial charge on any atom is 0.110 e. The van der Waals surface area contributed by atoms with Gasteiger partial charge in [-0.15, -0.1) is 4.91 Å². The van der Waals surface area contributed by atoms with Crippen LogP contribution >= 0.6 is 0 Å². The molecule has 0 amide bonds. The Labute approximate surface area is 106 Å². The molecule has 0 saturated carbocycles. The predicted octanol–water partition coefficient (Wildman–Crippen LogP) is 3.31. The van der Waals surface area contributed by atoms with Crippen molar-refractivity contribution >= 4 is 16.6 Å². The van der Waals surface area contributed by atoms with Crippen molar-refractivity contribution in [3.8, 4) is 0 Å². The van der Waals surface area contributed by atoms with Gasteiger partial charge in [0.2, 0.25) is 0 Å². The number of fused-ring (bicyclic) bond motifs is 1. The molecule has 2 aromatic rings. The maximum absolute atomic E-state index is 10.6. The molecule has 1 fully saturated rings. The highest BCUT2D eigenvalue weighted by Gasteiger charge is 2.19. The molecule has 3 rings (SSSR count). The SMILES string of the molecule is CN1CCC(n2ccc3ccc(N=O)cc32)CC1. The Morgan fingerprint density at radius 2 is 2.00 bits per heavy atom. The summed E-state index contributed by atoms with van der Waals surface area (Å²) in [6.07, 6.45) is 4.47. The summed E-state index contributed by atoms with van der Waals surface area (Å²) in [7, 11) is 2.17. The molecule has 0 radical (unpaired) electrons. The highest BCUT2D eigenvalue weighted by molar-refractivity contribution is 5.83. The molecule has 94 valence electrons.